The third-order valence-electron chi connectivity index (χ3n) is 2.33. The molecule has 1 aromatic rings. The molecular formula is C10H14N4O4. The van der Waals surface area contributed by atoms with Gasteiger partial charge >= 0.3 is 11.7 Å². The van der Waals surface area contributed by atoms with Gasteiger partial charge in [-0.15, -0.1) is 11.7 Å². The summed E-state index contributed by atoms with van der Waals surface area (Å²) in [5, 5.41) is 15.1. The maximum Gasteiger partial charge on any atom is 0.346 e. The van der Waals surface area contributed by atoms with Crippen LogP contribution >= 0.6 is 0 Å². The van der Waals surface area contributed by atoms with Gasteiger partial charge in [-0.3, -0.25) is 9.36 Å². The second-order valence-electron chi connectivity index (χ2n) is 3.68. The van der Waals surface area contributed by atoms with Crippen LogP contribution in [0.4, 0.5) is 5.82 Å². The maximum absolute atomic E-state index is 11.7. The number of nitrogens with one attached hydrogen (secondary N) is 1. The monoisotopic (exact) mass is 254 g/mol. The molecule has 18 heavy (non-hydrogen) atoms. The fraction of sp³-hybridized carbons (Fsp3) is 0.400. The van der Waals surface area contributed by atoms with Crippen LogP contribution in [0.1, 0.15) is 6.42 Å². The average molecular weight is 254 g/mol. The first-order valence-corrected chi connectivity index (χ1v) is 5.13. The van der Waals surface area contributed by atoms with E-state index in [2.05, 4.69) is 17.0 Å². The Morgan fingerprint density at radius 3 is 2.67 bits per heavy atom. The summed E-state index contributed by atoms with van der Waals surface area (Å²) in [6.07, 6.45) is 1.54. The molecule has 1 aromatic heterocycles. The quantitative estimate of drug-likeness (QED) is 0.647. The molecule has 0 aliphatic heterocycles. The molecule has 1 unspecified atom stereocenters. The van der Waals surface area contributed by atoms with Crippen LogP contribution in [0.15, 0.2) is 22.2 Å². The van der Waals surface area contributed by atoms with Gasteiger partial charge in [0, 0.05) is 14.1 Å². The number of nitrogens with zero attached hydrogens (tertiary/aromatic N) is 3. The number of aromatic nitrogens is 3. The summed E-state index contributed by atoms with van der Waals surface area (Å²) in [5.74, 6) is -1.32. The Balaban J connectivity index is 3.19. The van der Waals surface area contributed by atoms with E-state index < -0.39 is 23.3 Å². The Bertz CT molecular complexity index is 587. The van der Waals surface area contributed by atoms with E-state index >= 15 is 0 Å². The number of carboxylic acid groups (broad SMARTS) is 1. The molecule has 0 bridgehead atoms. The van der Waals surface area contributed by atoms with Crippen LogP contribution in [0.3, 0.4) is 0 Å². The first kappa shape index (κ1) is 13.7. The smallest absolute Gasteiger partial charge is 0.346 e. The SMILES string of the molecule is C=CCC(Nc1nn(C)c(=O)n(C)c1=O)C(=O)O. The average Bonchev–Trinajstić information content (AvgIpc) is 2.32. The van der Waals surface area contributed by atoms with E-state index in [0.29, 0.717) is 0 Å². The fourth-order valence-corrected chi connectivity index (χ4v) is 1.34. The molecule has 2 N–H and O–H groups in total. The summed E-state index contributed by atoms with van der Waals surface area (Å²) in [7, 11) is 2.66. The summed E-state index contributed by atoms with van der Waals surface area (Å²) >= 11 is 0. The lowest BCUT2D eigenvalue weighted by Gasteiger charge is -2.13. The van der Waals surface area contributed by atoms with Gasteiger partial charge in [-0.1, -0.05) is 6.08 Å². The third kappa shape index (κ3) is 2.65. The van der Waals surface area contributed by atoms with Crippen molar-refractivity contribution in [2.45, 2.75) is 12.5 Å². The van der Waals surface area contributed by atoms with Crippen LogP contribution in [0, 0.1) is 0 Å². The lowest BCUT2D eigenvalue weighted by Crippen LogP contribution is -2.42. The molecule has 8 nitrogen and oxygen atoms in total. The van der Waals surface area contributed by atoms with Crippen LogP contribution in [-0.4, -0.2) is 31.5 Å². The predicted octanol–water partition coefficient (Wildman–Crippen LogP) is -1.08. The maximum atomic E-state index is 11.7. The predicted molar refractivity (Wildman–Crippen MR) is 64.6 cm³/mol. The van der Waals surface area contributed by atoms with Crippen molar-refractivity contribution in [2.75, 3.05) is 5.32 Å². The summed E-state index contributed by atoms with van der Waals surface area (Å²) in [5.41, 5.74) is -1.26. The van der Waals surface area contributed by atoms with Gasteiger partial charge in [0.1, 0.15) is 6.04 Å². The van der Waals surface area contributed by atoms with Gasteiger partial charge in [0.15, 0.2) is 0 Å². The molecular weight excluding hydrogens is 240 g/mol. The van der Waals surface area contributed by atoms with E-state index in [9.17, 15) is 14.4 Å². The van der Waals surface area contributed by atoms with Crippen LogP contribution in [0.25, 0.3) is 0 Å². The minimum Gasteiger partial charge on any atom is -0.480 e. The van der Waals surface area contributed by atoms with E-state index in [0.717, 1.165) is 9.25 Å². The van der Waals surface area contributed by atoms with Gasteiger partial charge in [-0.05, 0) is 6.42 Å². The number of carboxylic acids is 1. The zero-order valence-electron chi connectivity index (χ0n) is 10.1. The fourth-order valence-electron chi connectivity index (χ4n) is 1.34. The number of aliphatic carboxylic acids is 1. The number of anilines is 1. The molecule has 0 aromatic carbocycles. The van der Waals surface area contributed by atoms with Crippen molar-refractivity contribution >= 4 is 11.8 Å². The van der Waals surface area contributed by atoms with Crippen molar-refractivity contribution in [1.29, 1.82) is 0 Å². The molecule has 1 atom stereocenters. The Morgan fingerprint density at radius 1 is 1.56 bits per heavy atom. The van der Waals surface area contributed by atoms with Gasteiger partial charge in [0.25, 0.3) is 5.56 Å². The summed E-state index contributed by atoms with van der Waals surface area (Å²) in [6, 6.07) is -1.01. The highest BCUT2D eigenvalue weighted by molar-refractivity contribution is 5.76. The summed E-state index contributed by atoms with van der Waals surface area (Å²) in [4.78, 5) is 34.0. The number of carbonyl (C=O) groups is 1. The highest BCUT2D eigenvalue weighted by atomic mass is 16.4. The molecule has 0 spiro atoms. The van der Waals surface area contributed by atoms with Crippen molar-refractivity contribution in [3.8, 4) is 0 Å². The molecule has 8 heteroatoms. The van der Waals surface area contributed by atoms with E-state index in [-0.39, 0.29) is 12.2 Å². The van der Waals surface area contributed by atoms with Crippen molar-refractivity contribution in [2.24, 2.45) is 14.1 Å². The molecule has 1 heterocycles. The number of aryl methyl sites for hydroxylation is 1. The topological polar surface area (TPSA) is 106 Å². The van der Waals surface area contributed by atoms with Crippen LogP contribution < -0.4 is 16.6 Å². The van der Waals surface area contributed by atoms with Crippen molar-refractivity contribution < 1.29 is 9.90 Å². The highest BCUT2D eigenvalue weighted by Crippen LogP contribution is 2.00. The molecule has 1 rings (SSSR count). The lowest BCUT2D eigenvalue weighted by atomic mass is 10.2. The van der Waals surface area contributed by atoms with Crippen LogP contribution in [0.5, 0.6) is 0 Å². The minimum absolute atomic E-state index is 0.128. The Labute approximate surface area is 102 Å². The third-order valence-corrected chi connectivity index (χ3v) is 2.33. The zero-order chi connectivity index (χ0) is 13.9. The normalized spacial score (nSPS) is 11.9. The molecule has 0 aliphatic carbocycles. The van der Waals surface area contributed by atoms with E-state index in [1.807, 2.05) is 0 Å². The first-order chi connectivity index (χ1) is 8.38. The van der Waals surface area contributed by atoms with Gasteiger partial charge in [0.2, 0.25) is 5.82 Å². The van der Waals surface area contributed by atoms with Crippen molar-refractivity contribution in [3.05, 3.63) is 33.5 Å². The standard InChI is InChI=1S/C10H14N4O4/c1-4-5-6(9(16)17)11-7-8(15)13(2)10(18)14(3)12-7/h4,6H,1,5H2,2-3H3,(H,11,12)(H,16,17). The van der Waals surface area contributed by atoms with Crippen LogP contribution in [0.2, 0.25) is 0 Å². The molecule has 0 radical (unpaired) electrons. The van der Waals surface area contributed by atoms with Crippen molar-refractivity contribution in [3.63, 3.8) is 0 Å². The Kier molecular flexibility index (Phi) is 4.03. The molecule has 0 saturated carbocycles. The molecule has 98 valence electrons. The molecule has 0 saturated heterocycles. The number of hydrogen-bond donors (Lipinski definition) is 2. The lowest BCUT2D eigenvalue weighted by molar-refractivity contribution is -0.137. The largest absolute Gasteiger partial charge is 0.480 e. The van der Waals surface area contributed by atoms with E-state index in [1.54, 1.807) is 0 Å². The van der Waals surface area contributed by atoms with Gasteiger partial charge in [-0.2, -0.15) is 0 Å². The first-order valence-electron chi connectivity index (χ1n) is 5.13. The highest BCUT2D eigenvalue weighted by Gasteiger charge is 2.19. The minimum atomic E-state index is -1.13. The van der Waals surface area contributed by atoms with E-state index in [1.165, 1.54) is 20.2 Å². The van der Waals surface area contributed by atoms with Gasteiger partial charge in [0.05, 0.1) is 0 Å². The van der Waals surface area contributed by atoms with Gasteiger partial charge < -0.3 is 10.4 Å². The van der Waals surface area contributed by atoms with E-state index in [4.69, 9.17) is 5.11 Å². The second-order valence-corrected chi connectivity index (χ2v) is 3.68. The molecule has 0 aliphatic rings. The van der Waals surface area contributed by atoms with Crippen LogP contribution in [-0.2, 0) is 18.9 Å². The molecule has 0 amide bonds. The Morgan fingerprint density at radius 2 is 2.17 bits per heavy atom. The Hall–Kier alpha value is -2.38. The number of rotatable bonds is 5. The number of hydrogen-bond acceptors (Lipinski definition) is 5. The molecule has 0 fully saturated rings. The van der Waals surface area contributed by atoms with Gasteiger partial charge in [-0.25, -0.2) is 14.3 Å². The summed E-state index contributed by atoms with van der Waals surface area (Å²) < 4.78 is 1.80. The zero-order valence-corrected chi connectivity index (χ0v) is 10.1. The summed E-state index contributed by atoms with van der Waals surface area (Å²) in [6.45, 7) is 3.43. The van der Waals surface area contributed by atoms with Crippen molar-refractivity contribution in [1.82, 2.24) is 14.3 Å². The second kappa shape index (κ2) is 5.30.